The van der Waals surface area contributed by atoms with Crippen LogP contribution in [0.2, 0.25) is 0 Å². The summed E-state index contributed by atoms with van der Waals surface area (Å²) < 4.78 is 29.3. The van der Waals surface area contributed by atoms with E-state index < -0.39 is 7.60 Å². The van der Waals surface area contributed by atoms with Gasteiger partial charge in [-0.25, -0.2) is 4.79 Å². The summed E-state index contributed by atoms with van der Waals surface area (Å²) in [6, 6.07) is 7.52. The molecule has 7 heteroatoms. The Labute approximate surface area is 140 Å². The molecule has 0 fully saturated rings. The number of ether oxygens (including phenoxy) is 1. The van der Waals surface area contributed by atoms with Crippen molar-refractivity contribution in [1.29, 1.82) is 0 Å². The van der Waals surface area contributed by atoms with Gasteiger partial charge in [-0.15, -0.1) is 11.3 Å². The number of fused-ring (bicyclic) bond motifs is 1. The zero-order chi connectivity index (χ0) is 16.9. The molecule has 2 aromatic rings. The summed E-state index contributed by atoms with van der Waals surface area (Å²) in [7, 11) is -3.13. The second kappa shape index (κ2) is 8.06. The number of hydrogen-bond acceptors (Lipinski definition) is 6. The first-order valence-corrected chi connectivity index (χ1v) is 10.1. The van der Waals surface area contributed by atoms with E-state index >= 15 is 0 Å². The standard InChI is InChI=1S/C16H21O5PS/c1-4-19-16(17)15-10-13-9-12(7-8-14(13)23-15)11-22(18,20-5-2)21-6-3/h7-10H,4-6,11H2,1-3H3. The van der Waals surface area contributed by atoms with Crippen molar-refractivity contribution in [2.75, 3.05) is 19.8 Å². The van der Waals surface area contributed by atoms with Gasteiger partial charge in [-0.1, -0.05) is 6.07 Å². The number of thiophene rings is 1. The van der Waals surface area contributed by atoms with Crippen molar-refractivity contribution < 1.29 is 23.1 Å². The molecule has 0 aliphatic heterocycles. The molecule has 0 amide bonds. The van der Waals surface area contributed by atoms with Crippen molar-refractivity contribution in [3.05, 3.63) is 34.7 Å². The van der Waals surface area contributed by atoms with Crippen LogP contribution >= 0.6 is 18.9 Å². The summed E-state index contributed by atoms with van der Waals surface area (Å²) in [5, 5.41) is 0.926. The Morgan fingerprint density at radius 1 is 1.09 bits per heavy atom. The SMILES string of the molecule is CCOC(=O)c1cc2cc(CP(=O)(OCC)OCC)ccc2s1. The topological polar surface area (TPSA) is 61.8 Å². The Morgan fingerprint density at radius 3 is 2.39 bits per heavy atom. The molecule has 5 nitrogen and oxygen atoms in total. The summed E-state index contributed by atoms with van der Waals surface area (Å²) in [6.07, 6.45) is 0.217. The lowest BCUT2D eigenvalue weighted by molar-refractivity contribution is 0.0532. The minimum Gasteiger partial charge on any atom is -0.462 e. The third kappa shape index (κ3) is 4.64. The third-order valence-corrected chi connectivity index (χ3v) is 6.24. The highest BCUT2D eigenvalue weighted by atomic mass is 32.1. The van der Waals surface area contributed by atoms with Crippen LogP contribution in [0.25, 0.3) is 10.1 Å². The Bertz CT molecular complexity index is 714. The van der Waals surface area contributed by atoms with Crippen LogP contribution in [0.5, 0.6) is 0 Å². The lowest BCUT2D eigenvalue weighted by Gasteiger charge is -2.16. The van der Waals surface area contributed by atoms with Gasteiger partial charge in [-0.05, 0) is 49.9 Å². The molecular weight excluding hydrogens is 335 g/mol. The monoisotopic (exact) mass is 356 g/mol. The van der Waals surface area contributed by atoms with Gasteiger partial charge in [-0.3, -0.25) is 4.57 Å². The number of rotatable bonds is 8. The molecule has 0 unspecified atom stereocenters. The summed E-state index contributed by atoms with van der Waals surface area (Å²) in [6.45, 7) is 6.39. The average molecular weight is 356 g/mol. The van der Waals surface area contributed by atoms with Gasteiger partial charge in [0.1, 0.15) is 4.88 Å². The van der Waals surface area contributed by atoms with Gasteiger partial charge in [0, 0.05) is 4.70 Å². The van der Waals surface area contributed by atoms with Crippen molar-refractivity contribution in [1.82, 2.24) is 0 Å². The van der Waals surface area contributed by atoms with E-state index in [1.807, 2.05) is 18.2 Å². The Balaban J connectivity index is 2.25. The fourth-order valence-electron chi connectivity index (χ4n) is 2.24. The van der Waals surface area contributed by atoms with Gasteiger partial charge in [0.2, 0.25) is 0 Å². The molecule has 0 N–H and O–H groups in total. The molecule has 0 aliphatic carbocycles. The molecule has 1 heterocycles. The molecule has 2 rings (SSSR count). The molecule has 0 bridgehead atoms. The Hall–Kier alpha value is -1.20. The van der Waals surface area contributed by atoms with Gasteiger partial charge in [0.05, 0.1) is 26.0 Å². The van der Waals surface area contributed by atoms with Gasteiger partial charge >= 0.3 is 13.6 Å². The Morgan fingerprint density at radius 2 is 1.78 bits per heavy atom. The molecule has 1 aromatic carbocycles. The van der Waals surface area contributed by atoms with Crippen LogP contribution in [0.4, 0.5) is 0 Å². The lowest BCUT2D eigenvalue weighted by atomic mass is 10.2. The predicted octanol–water partition coefficient (Wildman–Crippen LogP) is 4.84. The molecular formula is C16H21O5PS. The number of carbonyl (C=O) groups is 1. The zero-order valence-electron chi connectivity index (χ0n) is 13.5. The second-order valence-corrected chi connectivity index (χ2v) is 7.95. The second-order valence-electron chi connectivity index (χ2n) is 4.81. The normalized spacial score (nSPS) is 11.8. The molecule has 126 valence electrons. The largest absolute Gasteiger partial charge is 0.462 e. The smallest absolute Gasteiger partial charge is 0.348 e. The van der Waals surface area contributed by atoms with Crippen molar-refractivity contribution >= 4 is 35.0 Å². The molecule has 0 radical (unpaired) electrons. The average Bonchev–Trinajstić information content (AvgIpc) is 2.91. The van der Waals surface area contributed by atoms with Gasteiger partial charge < -0.3 is 13.8 Å². The highest BCUT2D eigenvalue weighted by Crippen LogP contribution is 2.51. The van der Waals surface area contributed by atoms with Crippen LogP contribution in [0.15, 0.2) is 24.3 Å². The maximum atomic E-state index is 12.6. The zero-order valence-corrected chi connectivity index (χ0v) is 15.2. The van der Waals surface area contributed by atoms with E-state index in [1.54, 1.807) is 26.8 Å². The fraction of sp³-hybridized carbons (Fsp3) is 0.438. The molecule has 0 aliphatic rings. The molecule has 1 aromatic heterocycles. The number of hydrogen-bond donors (Lipinski definition) is 0. The van der Waals surface area contributed by atoms with Crippen molar-refractivity contribution in [2.45, 2.75) is 26.9 Å². The highest BCUT2D eigenvalue weighted by Gasteiger charge is 2.24. The number of carbonyl (C=O) groups excluding carboxylic acids is 1. The van der Waals surface area contributed by atoms with Crippen molar-refractivity contribution in [3.63, 3.8) is 0 Å². The van der Waals surface area contributed by atoms with E-state index in [-0.39, 0.29) is 12.1 Å². The summed E-state index contributed by atoms with van der Waals surface area (Å²) in [4.78, 5) is 12.4. The Kier molecular flexibility index (Phi) is 6.36. The predicted molar refractivity (Wildman–Crippen MR) is 92.3 cm³/mol. The van der Waals surface area contributed by atoms with Crippen LogP contribution in [0.3, 0.4) is 0 Å². The number of esters is 1. The summed E-state index contributed by atoms with van der Waals surface area (Å²) >= 11 is 1.39. The summed E-state index contributed by atoms with van der Waals surface area (Å²) in [5.41, 5.74) is 0.857. The van der Waals surface area contributed by atoms with E-state index in [1.165, 1.54) is 11.3 Å². The maximum Gasteiger partial charge on any atom is 0.348 e. The van der Waals surface area contributed by atoms with Crippen LogP contribution in [0, 0.1) is 0 Å². The quantitative estimate of drug-likeness (QED) is 0.500. The highest BCUT2D eigenvalue weighted by molar-refractivity contribution is 7.53. The lowest BCUT2D eigenvalue weighted by Crippen LogP contribution is -2.01. The molecule has 23 heavy (non-hydrogen) atoms. The molecule has 0 atom stereocenters. The van der Waals surface area contributed by atoms with E-state index in [2.05, 4.69) is 0 Å². The van der Waals surface area contributed by atoms with Crippen LogP contribution in [-0.2, 0) is 24.5 Å². The first-order chi connectivity index (χ1) is 11.0. The first-order valence-electron chi connectivity index (χ1n) is 7.59. The third-order valence-electron chi connectivity index (χ3n) is 3.09. The molecule has 0 saturated carbocycles. The van der Waals surface area contributed by atoms with Gasteiger partial charge in [-0.2, -0.15) is 0 Å². The minimum atomic E-state index is -3.13. The van der Waals surface area contributed by atoms with E-state index in [4.69, 9.17) is 13.8 Å². The summed E-state index contributed by atoms with van der Waals surface area (Å²) in [5.74, 6) is -0.315. The van der Waals surface area contributed by atoms with E-state index in [0.29, 0.717) is 24.7 Å². The molecule has 0 spiro atoms. The van der Waals surface area contributed by atoms with Gasteiger partial charge in [0.15, 0.2) is 0 Å². The maximum absolute atomic E-state index is 12.6. The van der Waals surface area contributed by atoms with Crippen LogP contribution < -0.4 is 0 Å². The first kappa shape index (κ1) is 18.1. The van der Waals surface area contributed by atoms with Crippen LogP contribution in [-0.4, -0.2) is 25.8 Å². The van der Waals surface area contributed by atoms with Crippen LogP contribution in [0.1, 0.15) is 36.0 Å². The van der Waals surface area contributed by atoms with E-state index in [0.717, 1.165) is 15.6 Å². The van der Waals surface area contributed by atoms with E-state index in [9.17, 15) is 9.36 Å². The van der Waals surface area contributed by atoms with Gasteiger partial charge in [0.25, 0.3) is 0 Å². The number of benzene rings is 1. The minimum absolute atomic E-state index is 0.217. The van der Waals surface area contributed by atoms with Crippen molar-refractivity contribution in [3.8, 4) is 0 Å². The fourth-order valence-corrected chi connectivity index (χ4v) is 4.86. The van der Waals surface area contributed by atoms with Crippen molar-refractivity contribution in [2.24, 2.45) is 0 Å². The molecule has 0 saturated heterocycles.